The molecule has 31 heavy (non-hydrogen) atoms. The molecule has 156 valence electrons. The van der Waals surface area contributed by atoms with Crippen molar-refractivity contribution in [3.05, 3.63) is 69.6 Å². The first-order valence-corrected chi connectivity index (χ1v) is 10.5. The number of thiophene rings is 1. The van der Waals surface area contributed by atoms with Gasteiger partial charge in [0, 0.05) is 26.6 Å². The van der Waals surface area contributed by atoms with E-state index in [1.165, 1.54) is 25.2 Å². The highest BCUT2D eigenvalue weighted by atomic mass is 32.1. The number of fused-ring (bicyclic) bond motifs is 2. The number of ketones is 2. The molecule has 0 fully saturated rings. The quantitative estimate of drug-likeness (QED) is 0.437. The van der Waals surface area contributed by atoms with E-state index in [0.717, 1.165) is 5.39 Å². The van der Waals surface area contributed by atoms with E-state index < -0.39 is 0 Å². The summed E-state index contributed by atoms with van der Waals surface area (Å²) in [4.78, 5) is 42.3. The molecule has 2 N–H and O–H groups in total. The van der Waals surface area contributed by atoms with Gasteiger partial charge in [0.25, 0.3) is 5.91 Å². The first-order valence-electron chi connectivity index (χ1n) is 9.70. The number of anilines is 1. The molecule has 0 spiro atoms. The molecular weight excluding hydrogens is 412 g/mol. The van der Waals surface area contributed by atoms with Gasteiger partial charge in [0.05, 0.1) is 17.0 Å². The molecule has 0 aliphatic carbocycles. The van der Waals surface area contributed by atoms with Crippen molar-refractivity contribution in [1.82, 2.24) is 4.98 Å². The zero-order valence-corrected chi connectivity index (χ0v) is 18.1. The maximum Gasteiger partial charge on any atom is 0.267 e. The van der Waals surface area contributed by atoms with Gasteiger partial charge in [0.2, 0.25) is 0 Å². The summed E-state index contributed by atoms with van der Waals surface area (Å²) in [6.45, 7) is 4.52. The average Bonchev–Trinajstić information content (AvgIpc) is 3.09. The molecule has 4 rings (SSSR count). The second-order valence-electron chi connectivity index (χ2n) is 7.33. The van der Waals surface area contributed by atoms with Crippen LogP contribution in [0.15, 0.2) is 42.5 Å². The van der Waals surface area contributed by atoms with E-state index in [0.29, 0.717) is 48.6 Å². The van der Waals surface area contributed by atoms with Crippen LogP contribution in [0.3, 0.4) is 0 Å². The Balaban J connectivity index is 1.82. The summed E-state index contributed by atoms with van der Waals surface area (Å²) in [5.74, 6) is -0.314. The summed E-state index contributed by atoms with van der Waals surface area (Å²) in [5.41, 5.74) is 2.94. The van der Waals surface area contributed by atoms with Gasteiger partial charge in [-0.15, -0.1) is 11.3 Å². The fraction of sp³-hybridized carbons (Fsp3) is 0.167. The van der Waals surface area contributed by atoms with Gasteiger partial charge in [0.1, 0.15) is 5.82 Å². The summed E-state index contributed by atoms with van der Waals surface area (Å²) in [5, 5.41) is 14.0. The second kappa shape index (κ2) is 8.02. The molecule has 2 aromatic carbocycles. The Morgan fingerprint density at radius 3 is 2.39 bits per heavy atom. The Labute approximate surface area is 182 Å². The molecular formula is C24H20N2O4S. The highest BCUT2D eigenvalue weighted by Crippen LogP contribution is 2.37. The van der Waals surface area contributed by atoms with Crippen molar-refractivity contribution in [3.63, 3.8) is 0 Å². The number of carbonyl (C=O) groups excluding carboxylic acids is 3. The number of hydrogen-bond acceptors (Lipinski definition) is 6. The largest absolute Gasteiger partial charge is 0.392 e. The van der Waals surface area contributed by atoms with Gasteiger partial charge in [-0.2, -0.15) is 0 Å². The normalized spacial score (nSPS) is 11.1. The van der Waals surface area contributed by atoms with Crippen molar-refractivity contribution >= 4 is 55.6 Å². The van der Waals surface area contributed by atoms with Crippen LogP contribution in [0.2, 0.25) is 0 Å². The van der Waals surface area contributed by atoms with Gasteiger partial charge < -0.3 is 10.4 Å². The van der Waals surface area contributed by atoms with E-state index in [-0.39, 0.29) is 24.1 Å². The van der Waals surface area contributed by atoms with Gasteiger partial charge in [0.15, 0.2) is 11.6 Å². The number of nitrogens with zero attached hydrogens (tertiary/aromatic N) is 1. The van der Waals surface area contributed by atoms with E-state index in [4.69, 9.17) is 0 Å². The minimum absolute atomic E-state index is 0.128. The van der Waals surface area contributed by atoms with Crippen molar-refractivity contribution in [2.45, 2.75) is 27.4 Å². The van der Waals surface area contributed by atoms with Crippen molar-refractivity contribution in [2.24, 2.45) is 0 Å². The van der Waals surface area contributed by atoms with Gasteiger partial charge in [-0.25, -0.2) is 4.98 Å². The molecule has 0 saturated carbocycles. The Hall–Kier alpha value is -3.42. The van der Waals surface area contributed by atoms with Crippen LogP contribution < -0.4 is 5.32 Å². The minimum atomic E-state index is -0.380. The second-order valence-corrected chi connectivity index (χ2v) is 8.35. The van der Waals surface area contributed by atoms with Gasteiger partial charge in [-0.05, 0) is 56.2 Å². The van der Waals surface area contributed by atoms with Crippen LogP contribution in [0.25, 0.3) is 21.0 Å². The molecule has 6 nitrogen and oxygen atoms in total. The van der Waals surface area contributed by atoms with Gasteiger partial charge in [-0.3, -0.25) is 14.4 Å². The fourth-order valence-corrected chi connectivity index (χ4v) is 5.05. The molecule has 2 heterocycles. The lowest BCUT2D eigenvalue weighted by Crippen LogP contribution is -2.13. The van der Waals surface area contributed by atoms with Crippen LogP contribution in [0.4, 0.5) is 5.82 Å². The molecule has 0 bridgehead atoms. The van der Waals surface area contributed by atoms with Gasteiger partial charge >= 0.3 is 0 Å². The molecule has 0 radical (unpaired) electrons. The van der Waals surface area contributed by atoms with Crippen LogP contribution in [-0.2, 0) is 6.61 Å². The Morgan fingerprint density at radius 1 is 1.03 bits per heavy atom. The number of Topliss-reactive ketones (excluding diaryl/α,β-unsaturated/α-hetero) is 2. The minimum Gasteiger partial charge on any atom is -0.392 e. The molecule has 1 amide bonds. The number of rotatable bonds is 5. The van der Waals surface area contributed by atoms with E-state index in [9.17, 15) is 19.5 Å². The number of amides is 1. The van der Waals surface area contributed by atoms with Crippen molar-refractivity contribution < 1.29 is 19.5 Å². The average molecular weight is 433 g/mol. The van der Waals surface area contributed by atoms with E-state index in [2.05, 4.69) is 10.3 Å². The molecule has 4 aromatic rings. The van der Waals surface area contributed by atoms with Crippen molar-refractivity contribution in [3.8, 4) is 0 Å². The third-order valence-corrected chi connectivity index (χ3v) is 6.58. The van der Waals surface area contributed by atoms with Gasteiger partial charge in [-0.1, -0.05) is 18.2 Å². The zero-order chi connectivity index (χ0) is 22.3. The molecule has 0 unspecified atom stereocenters. The number of nitrogens with one attached hydrogen (secondary N) is 1. The van der Waals surface area contributed by atoms with Crippen LogP contribution in [-0.4, -0.2) is 27.6 Å². The fourth-order valence-electron chi connectivity index (χ4n) is 3.76. The lowest BCUT2D eigenvalue weighted by Gasteiger charge is -2.09. The summed E-state index contributed by atoms with van der Waals surface area (Å²) >= 11 is 1.19. The lowest BCUT2D eigenvalue weighted by molar-refractivity contribution is 0.100. The van der Waals surface area contributed by atoms with Crippen LogP contribution >= 0.6 is 11.3 Å². The van der Waals surface area contributed by atoms with Crippen LogP contribution in [0.5, 0.6) is 0 Å². The highest BCUT2D eigenvalue weighted by molar-refractivity contribution is 7.21. The molecule has 2 aromatic heterocycles. The number of hydrogen-bond donors (Lipinski definition) is 2. The summed E-state index contributed by atoms with van der Waals surface area (Å²) in [6.07, 6.45) is 0. The van der Waals surface area contributed by atoms with Crippen molar-refractivity contribution in [2.75, 3.05) is 5.32 Å². The van der Waals surface area contributed by atoms with E-state index in [1.807, 2.05) is 24.3 Å². The number of aryl methyl sites for hydroxylation is 1. The smallest absolute Gasteiger partial charge is 0.267 e. The maximum absolute atomic E-state index is 13.1. The Kier molecular flexibility index (Phi) is 5.39. The van der Waals surface area contributed by atoms with Crippen molar-refractivity contribution in [1.29, 1.82) is 0 Å². The molecule has 0 aliphatic rings. The molecule has 0 saturated heterocycles. The van der Waals surface area contributed by atoms with E-state index in [1.54, 1.807) is 25.1 Å². The SMILES string of the molecule is CC(=O)c1ccc(C(C)=O)c2c(C)c(C(=O)Nc3cc(CO)c4ccccc4n3)sc12. The van der Waals surface area contributed by atoms with E-state index >= 15 is 0 Å². The number of carbonyl (C=O) groups is 3. The summed E-state index contributed by atoms with van der Waals surface area (Å²) in [7, 11) is 0. The predicted octanol–water partition coefficient (Wildman–Crippen LogP) is 4.91. The number of para-hydroxylation sites is 1. The number of pyridine rings is 1. The number of aliphatic hydroxyl groups excluding tert-OH is 1. The first-order chi connectivity index (χ1) is 14.8. The maximum atomic E-state index is 13.1. The highest BCUT2D eigenvalue weighted by Gasteiger charge is 2.23. The summed E-state index contributed by atoms with van der Waals surface area (Å²) < 4.78 is 0.630. The molecule has 7 heteroatoms. The molecule has 0 atom stereocenters. The third kappa shape index (κ3) is 3.62. The predicted molar refractivity (Wildman–Crippen MR) is 122 cm³/mol. The standard InChI is InChI=1S/C24H20N2O4S/c1-12-21-16(13(2)28)8-9-17(14(3)29)23(21)31-22(12)24(30)26-20-10-15(11-27)18-6-4-5-7-19(18)25-20/h4-10,27H,11H2,1-3H3,(H,25,26,30). The molecule has 0 aliphatic heterocycles. The number of aliphatic hydroxyl groups is 1. The first kappa shape index (κ1) is 20.8. The Bertz CT molecular complexity index is 1390. The zero-order valence-electron chi connectivity index (χ0n) is 17.3. The monoisotopic (exact) mass is 432 g/mol. The lowest BCUT2D eigenvalue weighted by atomic mass is 9.98. The number of benzene rings is 2. The van der Waals surface area contributed by atoms with Crippen LogP contribution in [0, 0.1) is 6.92 Å². The van der Waals surface area contributed by atoms with Crippen LogP contribution in [0.1, 0.15) is 55.4 Å². The Morgan fingerprint density at radius 2 is 1.71 bits per heavy atom. The third-order valence-electron chi connectivity index (χ3n) is 5.26. The summed E-state index contributed by atoms with van der Waals surface area (Å²) in [6, 6.07) is 12.3. The topological polar surface area (TPSA) is 96.4 Å². The number of aromatic nitrogens is 1.